The van der Waals surface area contributed by atoms with Crippen molar-refractivity contribution in [2.45, 2.75) is 59.8 Å². The van der Waals surface area contributed by atoms with Gasteiger partial charge in [-0.25, -0.2) is 0 Å². The van der Waals surface area contributed by atoms with Crippen LogP contribution in [0.15, 0.2) is 23.8 Å². The minimum absolute atomic E-state index is 0.775. The first-order valence-corrected chi connectivity index (χ1v) is 5.85. The summed E-state index contributed by atoms with van der Waals surface area (Å²) < 4.78 is 0. The van der Waals surface area contributed by atoms with Crippen LogP contribution in [0, 0.1) is 5.92 Å². The Hall–Kier alpha value is -0.520. The Balaban J connectivity index is 3.97. The summed E-state index contributed by atoms with van der Waals surface area (Å²) in [5.74, 6) is 0.775. The first kappa shape index (κ1) is 13.5. The molecule has 0 bridgehead atoms. The number of hydrogen-bond acceptors (Lipinski definition) is 0. The Bertz CT molecular complexity index is 182. The molecule has 0 heterocycles. The maximum absolute atomic E-state index is 3.97. The summed E-state index contributed by atoms with van der Waals surface area (Å²) in [6.07, 6.45) is 8.89. The molecule has 0 aliphatic rings. The van der Waals surface area contributed by atoms with E-state index in [1.54, 1.807) is 0 Å². The second-order valence-corrected chi connectivity index (χ2v) is 4.64. The molecule has 0 amide bonds. The molecule has 1 unspecified atom stereocenters. The summed E-state index contributed by atoms with van der Waals surface area (Å²) in [6.45, 7) is 12.7. The monoisotopic (exact) mass is 194 g/mol. The largest absolute Gasteiger partial charge is 0.100 e. The van der Waals surface area contributed by atoms with Gasteiger partial charge in [0.05, 0.1) is 0 Å². The molecule has 0 spiro atoms. The molecular weight excluding hydrogens is 168 g/mol. The summed E-state index contributed by atoms with van der Waals surface area (Å²) in [5, 5.41) is 0. The van der Waals surface area contributed by atoms with E-state index in [2.05, 4.69) is 40.3 Å². The van der Waals surface area contributed by atoms with Crippen molar-refractivity contribution in [3.63, 3.8) is 0 Å². The zero-order valence-corrected chi connectivity index (χ0v) is 10.4. The number of allylic oxidation sites excluding steroid dienone is 3. The van der Waals surface area contributed by atoms with Gasteiger partial charge >= 0.3 is 0 Å². The lowest BCUT2D eigenvalue weighted by atomic mass is 9.93. The van der Waals surface area contributed by atoms with E-state index >= 15 is 0 Å². The Labute approximate surface area is 90.1 Å². The second-order valence-electron chi connectivity index (χ2n) is 4.64. The molecule has 82 valence electrons. The molecular formula is C14H26. The van der Waals surface area contributed by atoms with E-state index < -0.39 is 0 Å². The molecule has 0 rings (SSSR count). The van der Waals surface area contributed by atoms with Gasteiger partial charge in [0.15, 0.2) is 0 Å². The molecule has 0 radical (unpaired) electrons. The lowest BCUT2D eigenvalue weighted by Crippen LogP contribution is -1.98. The molecule has 0 saturated carbocycles. The van der Waals surface area contributed by atoms with Gasteiger partial charge in [0, 0.05) is 0 Å². The maximum Gasteiger partial charge on any atom is -0.0228 e. The van der Waals surface area contributed by atoms with E-state index in [9.17, 15) is 0 Å². The summed E-state index contributed by atoms with van der Waals surface area (Å²) in [7, 11) is 0. The van der Waals surface area contributed by atoms with Crippen molar-refractivity contribution < 1.29 is 0 Å². The number of unbranched alkanes of at least 4 members (excludes halogenated alkanes) is 1. The van der Waals surface area contributed by atoms with Crippen LogP contribution in [0.4, 0.5) is 0 Å². The molecule has 0 aliphatic carbocycles. The first-order valence-electron chi connectivity index (χ1n) is 5.85. The molecule has 1 atom stereocenters. The summed E-state index contributed by atoms with van der Waals surface area (Å²) in [6, 6.07) is 0. The van der Waals surface area contributed by atoms with Gasteiger partial charge in [-0.3, -0.25) is 0 Å². The average Bonchev–Trinajstić information content (AvgIpc) is 2.09. The average molecular weight is 194 g/mol. The number of hydrogen-bond donors (Lipinski definition) is 0. The third-order valence-corrected chi connectivity index (χ3v) is 2.44. The van der Waals surface area contributed by atoms with Gasteiger partial charge in [-0.15, -0.1) is 6.58 Å². The standard InChI is InChI=1S/C14H26/c1-6-7-8-14(11-13(4)5)10-9-12(2)3/h11,14H,2,6-10H2,1,3-5H3. The van der Waals surface area contributed by atoms with Gasteiger partial charge in [-0.2, -0.15) is 0 Å². The van der Waals surface area contributed by atoms with Gasteiger partial charge in [0.1, 0.15) is 0 Å². The van der Waals surface area contributed by atoms with Crippen molar-refractivity contribution in [2.24, 2.45) is 5.92 Å². The normalized spacial score (nSPS) is 12.3. The quantitative estimate of drug-likeness (QED) is 0.494. The van der Waals surface area contributed by atoms with Crippen LogP contribution in [0.3, 0.4) is 0 Å². The van der Waals surface area contributed by atoms with Crippen molar-refractivity contribution in [1.82, 2.24) is 0 Å². The maximum atomic E-state index is 3.97. The van der Waals surface area contributed by atoms with E-state index in [0.717, 1.165) is 5.92 Å². The molecule has 0 aromatic heterocycles. The number of rotatable bonds is 7. The van der Waals surface area contributed by atoms with E-state index in [0.29, 0.717) is 0 Å². The summed E-state index contributed by atoms with van der Waals surface area (Å²) >= 11 is 0. The lowest BCUT2D eigenvalue weighted by molar-refractivity contribution is 0.515. The first-order chi connectivity index (χ1) is 6.56. The van der Waals surface area contributed by atoms with Crippen LogP contribution in [0.25, 0.3) is 0 Å². The van der Waals surface area contributed by atoms with E-state index in [4.69, 9.17) is 0 Å². The second kappa shape index (κ2) is 7.84. The zero-order valence-electron chi connectivity index (χ0n) is 10.4. The Morgan fingerprint density at radius 1 is 1.21 bits per heavy atom. The topological polar surface area (TPSA) is 0 Å². The molecule has 0 fully saturated rings. The van der Waals surface area contributed by atoms with Crippen LogP contribution < -0.4 is 0 Å². The predicted molar refractivity (Wildman–Crippen MR) is 66.5 cm³/mol. The van der Waals surface area contributed by atoms with Crippen molar-refractivity contribution >= 4 is 0 Å². The van der Waals surface area contributed by atoms with E-state index in [1.165, 1.54) is 43.3 Å². The molecule has 14 heavy (non-hydrogen) atoms. The van der Waals surface area contributed by atoms with Crippen LogP contribution >= 0.6 is 0 Å². The van der Waals surface area contributed by atoms with Crippen LogP contribution in [0.1, 0.15) is 59.8 Å². The van der Waals surface area contributed by atoms with Crippen LogP contribution in [-0.2, 0) is 0 Å². The SMILES string of the molecule is C=C(C)CCC(C=C(C)C)CCCC. The van der Waals surface area contributed by atoms with Crippen LogP contribution in [-0.4, -0.2) is 0 Å². The van der Waals surface area contributed by atoms with Gasteiger partial charge in [0.25, 0.3) is 0 Å². The fraction of sp³-hybridized carbons (Fsp3) is 0.714. The fourth-order valence-electron chi connectivity index (χ4n) is 1.68. The van der Waals surface area contributed by atoms with Crippen molar-refractivity contribution in [2.75, 3.05) is 0 Å². The van der Waals surface area contributed by atoms with Gasteiger partial charge in [-0.05, 0) is 46.0 Å². The highest BCUT2D eigenvalue weighted by molar-refractivity contribution is 4.99. The Kier molecular flexibility index (Phi) is 7.55. The Morgan fingerprint density at radius 2 is 1.86 bits per heavy atom. The van der Waals surface area contributed by atoms with E-state index in [1.807, 2.05) is 0 Å². The van der Waals surface area contributed by atoms with Crippen LogP contribution in [0.5, 0.6) is 0 Å². The lowest BCUT2D eigenvalue weighted by Gasteiger charge is -2.12. The molecule has 0 heteroatoms. The highest BCUT2D eigenvalue weighted by Gasteiger charge is 2.04. The third kappa shape index (κ3) is 8.10. The van der Waals surface area contributed by atoms with Crippen molar-refractivity contribution in [1.29, 1.82) is 0 Å². The fourth-order valence-corrected chi connectivity index (χ4v) is 1.68. The van der Waals surface area contributed by atoms with Gasteiger partial charge < -0.3 is 0 Å². The zero-order chi connectivity index (χ0) is 11.0. The molecule has 0 N–H and O–H groups in total. The predicted octanol–water partition coefficient (Wildman–Crippen LogP) is 5.12. The third-order valence-electron chi connectivity index (χ3n) is 2.44. The highest BCUT2D eigenvalue weighted by Crippen LogP contribution is 2.20. The minimum atomic E-state index is 0.775. The summed E-state index contributed by atoms with van der Waals surface area (Å²) in [5.41, 5.74) is 2.77. The Morgan fingerprint density at radius 3 is 2.29 bits per heavy atom. The van der Waals surface area contributed by atoms with E-state index in [-0.39, 0.29) is 0 Å². The highest BCUT2D eigenvalue weighted by atomic mass is 14.1. The van der Waals surface area contributed by atoms with Crippen molar-refractivity contribution in [3.05, 3.63) is 23.8 Å². The molecule has 0 aromatic carbocycles. The van der Waals surface area contributed by atoms with Gasteiger partial charge in [0.2, 0.25) is 0 Å². The summed E-state index contributed by atoms with van der Waals surface area (Å²) in [4.78, 5) is 0. The minimum Gasteiger partial charge on any atom is -0.100 e. The van der Waals surface area contributed by atoms with Crippen molar-refractivity contribution in [3.8, 4) is 0 Å². The molecule has 0 saturated heterocycles. The van der Waals surface area contributed by atoms with Crippen LogP contribution in [0.2, 0.25) is 0 Å². The molecule has 0 aliphatic heterocycles. The molecule has 0 aromatic rings. The smallest absolute Gasteiger partial charge is 0.0228 e. The van der Waals surface area contributed by atoms with Gasteiger partial charge in [-0.1, -0.05) is 37.0 Å². The molecule has 0 nitrogen and oxygen atoms in total.